The smallest absolute Gasteiger partial charge is 0.0542 e. The maximum atomic E-state index is 5.66. The largest absolute Gasteiger partial charge is 0.325 e. The SMILES string of the molecule is NCc1cc(CN2CCCC3CCCC32)ccn1. The Bertz CT molecular complexity index is 404. The molecule has 1 aromatic heterocycles. The normalized spacial score (nSPS) is 28.3. The molecule has 0 amide bonds. The molecule has 2 aliphatic rings. The molecular weight excluding hydrogens is 222 g/mol. The number of likely N-dealkylation sites (tertiary alicyclic amines) is 1. The Morgan fingerprint density at radius 2 is 2.17 bits per heavy atom. The van der Waals surface area contributed by atoms with Crippen LogP contribution in [0.3, 0.4) is 0 Å². The highest BCUT2D eigenvalue weighted by atomic mass is 15.2. The van der Waals surface area contributed by atoms with E-state index in [1.807, 2.05) is 6.20 Å². The van der Waals surface area contributed by atoms with E-state index in [2.05, 4.69) is 22.0 Å². The van der Waals surface area contributed by atoms with Gasteiger partial charge in [-0.25, -0.2) is 0 Å². The molecule has 0 bridgehead atoms. The lowest BCUT2D eigenvalue weighted by atomic mass is 9.91. The fourth-order valence-electron chi connectivity index (χ4n) is 3.73. The summed E-state index contributed by atoms with van der Waals surface area (Å²) in [7, 11) is 0. The number of piperidine rings is 1. The molecule has 2 fully saturated rings. The number of hydrogen-bond donors (Lipinski definition) is 1. The molecule has 2 atom stereocenters. The van der Waals surface area contributed by atoms with Crippen LogP contribution < -0.4 is 5.73 Å². The molecule has 98 valence electrons. The highest BCUT2D eigenvalue weighted by Gasteiger charge is 2.34. The van der Waals surface area contributed by atoms with Crippen LogP contribution in [-0.2, 0) is 13.1 Å². The minimum absolute atomic E-state index is 0.542. The third-order valence-corrected chi connectivity index (χ3v) is 4.58. The second kappa shape index (κ2) is 5.37. The molecule has 18 heavy (non-hydrogen) atoms. The Labute approximate surface area is 109 Å². The standard InChI is InChI=1S/C15H23N3/c16-10-14-9-12(6-7-17-14)11-18-8-2-4-13-3-1-5-15(13)18/h6-7,9,13,15H,1-5,8,10-11,16H2. The fraction of sp³-hybridized carbons (Fsp3) is 0.667. The van der Waals surface area contributed by atoms with E-state index < -0.39 is 0 Å². The Morgan fingerprint density at radius 3 is 3.06 bits per heavy atom. The first-order valence-corrected chi connectivity index (χ1v) is 7.25. The zero-order chi connectivity index (χ0) is 12.4. The minimum Gasteiger partial charge on any atom is -0.325 e. The van der Waals surface area contributed by atoms with Crippen LogP contribution in [0.4, 0.5) is 0 Å². The van der Waals surface area contributed by atoms with Crippen molar-refractivity contribution in [2.75, 3.05) is 6.54 Å². The molecule has 0 aromatic carbocycles. The van der Waals surface area contributed by atoms with Gasteiger partial charge in [-0.2, -0.15) is 0 Å². The van der Waals surface area contributed by atoms with Crippen LogP contribution in [0.15, 0.2) is 18.3 Å². The third-order valence-electron chi connectivity index (χ3n) is 4.58. The van der Waals surface area contributed by atoms with Gasteiger partial charge in [-0.3, -0.25) is 9.88 Å². The summed E-state index contributed by atoms with van der Waals surface area (Å²) in [6, 6.07) is 5.14. The van der Waals surface area contributed by atoms with Crippen LogP contribution in [0.5, 0.6) is 0 Å². The van der Waals surface area contributed by atoms with Gasteiger partial charge in [-0.05, 0) is 55.8 Å². The molecule has 0 radical (unpaired) electrons. The fourth-order valence-corrected chi connectivity index (χ4v) is 3.73. The van der Waals surface area contributed by atoms with E-state index in [-0.39, 0.29) is 0 Å². The van der Waals surface area contributed by atoms with Crippen molar-refractivity contribution in [3.05, 3.63) is 29.6 Å². The van der Waals surface area contributed by atoms with Gasteiger partial charge < -0.3 is 5.73 Å². The number of aromatic nitrogens is 1. The molecule has 1 aromatic rings. The topological polar surface area (TPSA) is 42.1 Å². The van der Waals surface area contributed by atoms with Crippen molar-refractivity contribution in [2.24, 2.45) is 11.7 Å². The zero-order valence-corrected chi connectivity index (χ0v) is 11.0. The lowest BCUT2D eigenvalue weighted by Crippen LogP contribution is -2.41. The highest BCUT2D eigenvalue weighted by molar-refractivity contribution is 5.16. The van der Waals surface area contributed by atoms with Crippen LogP contribution in [0.25, 0.3) is 0 Å². The Balaban J connectivity index is 1.70. The van der Waals surface area contributed by atoms with Gasteiger partial charge >= 0.3 is 0 Å². The van der Waals surface area contributed by atoms with Gasteiger partial charge in [0.1, 0.15) is 0 Å². The minimum atomic E-state index is 0.542. The van der Waals surface area contributed by atoms with E-state index in [1.54, 1.807) is 0 Å². The first-order valence-electron chi connectivity index (χ1n) is 7.25. The summed E-state index contributed by atoms with van der Waals surface area (Å²) in [5.41, 5.74) is 8.04. The van der Waals surface area contributed by atoms with Gasteiger partial charge in [-0.1, -0.05) is 6.42 Å². The van der Waals surface area contributed by atoms with Crippen LogP contribution in [-0.4, -0.2) is 22.5 Å². The average Bonchev–Trinajstić information content (AvgIpc) is 2.88. The Kier molecular flexibility index (Phi) is 3.62. The van der Waals surface area contributed by atoms with Crippen molar-refractivity contribution in [3.63, 3.8) is 0 Å². The zero-order valence-electron chi connectivity index (χ0n) is 11.0. The predicted molar refractivity (Wildman–Crippen MR) is 72.9 cm³/mol. The van der Waals surface area contributed by atoms with E-state index in [9.17, 15) is 0 Å². The molecule has 3 nitrogen and oxygen atoms in total. The van der Waals surface area contributed by atoms with Gasteiger partial charge in [0.25, 0.3) is 0 Å². The van der Waals surface area contributed by atoms with Crippen molar-refractivity contribution in [1.82, 2.24) is 9.88 Å². The average molecular weight is 245 g/mol. The van der Waals surface area contributed by atoms with Crippen LogP contribution >= 0.6 is 0 Å². The maximum absolute atomic E-state index is 5.66. The van der Waals surface area contributed by atoms with E-state index in [0.29, 0.717) is 6.54 Å². The molecule has 1 saturated heterocycles. The monoisotopic (exact) mass is 245 g/mol. The second-order valence-electron chi connectivity index (χ2n) is 5.73. The molecule has 3 heteroatoms. The van der Waals surface area contributed by atoms with Crippen LogP contribution in [0, 0.1) is 5.92 Å². The lowest BCUT2D eigenvalue weighted by Gasteiger charge is -2.37. The molecule has 1 aliphatic heterocycles. The molecule has 3 rings (SSSR count). The quantitative estimate of drug-likeness (QED) is 0.888. The number of pyridine rings is 1. The molecule has 1 saturated carbocycles. The Hall–Kier alpha value is -0.930. The molecule has 2 heterocycles. The summed E-state index contributed by atoms with van der Waals surface area (Å²) in [6.45, 7) is 2.89. The van der Waals surface area contributed by atoms with Gasteiger partial charge in [-0.15, -0.1) is 0 Å². The summed E-state index contributed by atoms with van der Waals surface area (Å²) < 4.78 is 0. The van der Waals surface area contributed by atoms with E-state index in [0.717, 1.165) is 24.2 Å². The molecule has 0 spiro atoms. The van der Waals surface area contributed by atoms with Gasteiger partial charge in [0, 0.05) is 25.3 Å². The van der Waals surface area contributed by atoms with Crippen molar-refractivity contribution in [3.8, 4) is 0 Å². The molecular formula is C15H23N3. The number of nitrogens with two attached hydrogens (primary N) is 1. The highest BCUT2D eigenvalue weighted by Crippen LogP contribution is 2.37. The number of nitrogens with zero attached hydrogens (tertiary/aromatic N) is 2. The van der Waals surface area contributed by atoms with Crippen molar-refractivity contribution < 1.29 is 0 Å². The molecule has 1 aliphatic carbocycles. The van der Waals surface area contributed by atoms with Gasteiger partial charge in [0.05, 0.1) is 5.69 Å². The maximum Gasteiger partial charge on any atom is 0.0542 e. The van der Waals surface area contributed by atoms with E-state index >= 15 is 0 Å². The summed E-state index contributed by atoms with van der Waals surface area (Å²) >= 11 is 0. The van der Waals surface area contributed by atoms with Crippen molar-refractivity contribution in [2.45, 2.75) is 51.2 Å². The first-order chi connectivity index (χ1) is 8.86. The van der Waals surface area contributed by atoms with E-state index in [1.165, 1.54) is 44.2 Å². The number of hydrogen-bond acceptors (Lipinski definition) is 3. The molecule has 2 unspecified atom stereocenters. The third kappa shape index (κ3) is 2.43. The van der Waals surface area contributed by atoms with Crippen LogP contribution in [0.2, 0.25) is 0 Å². The van der Waals surface area contributed by atoms with Gasteiger partial charge in [0.2, 0.25) is 0 Å². The predicted octanol–water partition coefficient (Wildman–Crippen LogP) is 2.30. The summed E-state index contributed by atoms with van der Waals surface area (Å²) in [5, 5.41) is 0. The van der Waals surface area contributed by atoms with E-state index in [4.69, 9.17) is 5.73 Å². The first kappa shape index (κ1) is 12.1. The second-order valence-corrected chi connectivity index (χ2v) is 5.73. The lowest BCUT2D eigenvalue weighted by molar-refractivity contribution is 0.106. The van der Waals surface area contributed by atoms with Crippen molar-refractivity contribution in [1.29, 1.82) is 0 Å². The number of rotatable bonds is 3. The summed E-state index contributed by atoms with van der Waals surface area (Å²) in [4.78, 5) is 6.97. The number of fused-ring (bicyclic) bond motifs is 1. The Morgan fingerprint density at radius 1 is 1.28 bits per heavy atom. The summed E-state index contributed by atoms with van der Waals surface area (Å²) in [5.74, 6) is 0.967. The van der Waals surface area contributed by atoms with Gasteiger partial charge in [0.15, 0.2) is 0 Å². The van der Waals surface area contributed by atoms with Crippen LogP contribution in [0.1, 0.15) is 43.4 Å². The molecule has 2 N–H and O–H groups in total. The summed E-state index contributed by atoms with van der Waals surface area (Å²) in [6.07, 6.45) is 9.00. The van der Waals surface area contributed by atoms with Crippen molar-refractivity contribution >= 4 is 0 Å².